The summed E-state index contributed by atoms with van der Waals surface area (Å²) >= 11 is 1.64. The number of nitrogens with one attached hydrogen (secondary N) is 1. The zero-order valence-corrected chi connectivity index (χ0v) is 14.4. The van der Waals surface area contributed by atoms with Gasteiger partial charge in [-0.25, -0.2) is 4.98 Å². The molecule has 1 amide bonds. The van der Waals surface area contributed by atoms with Crippen LogP contribution in [0.25, 0.3) is 20.8 Å². The van der Waals surface area contributed by atoms with Gasteiger partial charge in [0.2, 0.25) is 0 Å². The number of aryl methyl sites for hydroxylation is 1. The van der Waals surface area contributed by atoms with Crippen LogP contribution in [0.3, 0.4) is 0 Å². The van der Waals surface area contributed by atoms with E-state index in [2.05, 4.69) is 21.4 Å². The number of fused-ring (bicyclic) bond motifs is 1. The van der Waals surface area contributed by atoms with Crippen LogP contribution >= 0.6 is 11.3 Å². The van der Waals surface area contributed by atoms with Gasteiger partial charge < -0.3 is 5.32 Å². The lowest BCUT2D eigenvalue weighted by atomic mass is 10.2. The van der Waals surface area contributed by atoms with Crippen molar-refractivity contribution in [1.29, 1.82) is 0 Å². The Morgan fingerprint density at radius 1 is 1.04 bits per heavy atom. The molecule has 0 saturated carbocycles. The quantitative estimate of drug-likeness (QED) is 0.573. The molecule has 0 aliphatic rings. The standard InChI is InChI=1S/C20H15N3OS/c1-13-9-10-15(12-21-13)19(24)22-16-6-4-5-14(11-16)20-23-17-7-2-3-8-18(17)25-20/h2-12H,1H3,(H,22,24). The van der Waals surface area contributed by atoms with Crippen LogP contribution in [0.4, 0.5) is 5.69 Å². The molecule has 0 fully saturated rings. The van der Waals surface area contributed by atoms with Gasteiger partial charge in [0.05, 0.1) is 15.8 Å². The van der Waals surface area contributed by atoms with Crippen molar-refractivity contribution in [3.8, 4) is 10.6 Å². The van der Waals surface area contributed by atoms with E-state index in [1.54, 1.807) is 23.6 Å². The van der Waals surface area contributed by atoms with Gasteiger partial charge >= 0.3 is 0 Å². The summed E-state index contributed by atoms with van der Waals surface area (Å²) in [5, 5.41) is 3.86. The molecule has 0 atom stereocenters. The highest BCUT2D eigenvalue weighted by molar-refractivity contribution is 7.21. The molecule has 0 aliphatic carbocycles. The molecule has 4 rings (SSSR count). The Hall–Kier alpha value is -3.05. The van der Waals surface area contributed by atoms with Gasteiger partial charge in [0.25, 0.3) is 5.91 Å². The highest BCUT2D eigenvalue weighted by atomic mass is 32.1. The monoisotopic (exact) mass is 345 g/mol. The molecule has 4 aromatic rings. The number of para-hydroxylation sites is 1. The van der Waals surface area contributed by atoms with E-state index in [1.807, 2.05) is 55.5 Å². The van der Waals surface area contributed by atoms with Crippen LogP contribution in [-0.2, 0) is 0 Å². The van der Waals surface area contributed by atoms with Crippen molar-refractivity contribution >= 4 is 33.1 Å². The lowest BCUT2D eigenvalue weighted by molar-refractivity contribution is 0.102. The van der Waals surface area contributed by atoms with E-state index in [-0.39, 0.29) is 5.91 Å². The molecule has 4 nitrogen and oxygen atoms in total. The molecule has 2 aromatic heterocycles. The van der Waals surface area contributed by atoms with Crippen molar-refractivity contribution in [2.24, 2.45) is 0 Å². The van der Waals surface area contributed by atoms with E-state index < -0.39 is 0 Å². The van der Waals surface area contributed by atoms with Crippen LogP contribution in [0.5, 0.6) is 0 Å². The summed E-state index contributed by atoms with van der Waals surface area (Å²) in [4.78, 5) is 21.2. The molecule has 2 heterocycles. The van der Waals surface area contributed by atoms with Gasteiger partial charge in [-0.05, 0) is 43.3 Å². The summed E-state index contributed by atoms with van der Waals surface area (Å²) in [7, 11) is 0. The Morgan fingerprint density at radius 2 is 1.92 bits per heavy atom. The normalized spacial score (nSPS) is 10.8. The first-order chi connectivity index (χ1) is 12.2. The van der Waals surface area contributed by atoms with Crippen LogP contribution in [0, 0.1) is 6.92 Å². The average Bonchev–Trinajstić information content (AvgIpc) is 3.07. The SMILES string of the molecule is Cc1ccc(C(=O)Nc2cccc(-c3nc4ccccc4s3)c2)cn1. The zero-order valence-electron chi connectivity index (χ0n) is 13.6. The summed E-state index contributed by atoms with van der Waals surface area (Å²) < 4.78 is 1.15. The van der Waals surface area contributed by atoms with Crippen LogP contribution < -0.4 is 5.32 Å². The van der Waals surface area contributed by atoms with Crippen molar-refractivity contribution in [3.05, 3.63) is 78.1 Å². The Kier molecular flexibility index (Phi) is 3.99. The molecule has 0 saturated heterocycles. The fourth-order valence-corrected chi connectivity index (χ4v) is 3.49. The van der Waals surface area contributed by atoms with E-state index in [1.165, 1.54) is 0 Å². The van der Waals surface area contributed by atoms with Gasteiger partial charge in [0, 0.05) is 23.1 Å². The summed E-state index contributed by atoms with van der Waals surface area (Å²) in [6, 6.07) is 19.4. The van der Waals surface area contributed by atoms with Gasteiger partial charge in [0.1, 0.15) is 5.01 Å². The van der Waals surface area contributed by atoms with E-state index in [0.717, 1.165) is 32.2 Å². The van der Waals surface area contributed by atoms with E-state index in [9.17, 15) is 4.79 Å². The number of amides is 1. The lowest BCUT2D eigenvalue weighted by Gasteiger charge is -2.06. The van der Waals surface area contributed by atoms with Gasteiger partial charge in [0.15, 0.2) is 0 Å². The third-order valence-corrected chi connectivity index (χ3v) is 4.92. The fourth-order valence-electron chi connectivity index (χ4n) is 2.53. The predicted molar refractivity (Wildman–Crippen MR) is 102 cm³/mol. The maximum Gasteiger partial charge on any atom is 0.257 e. The Bertz CT molecular complexity index is 1020. The zero-order chi connectivity index (χ0) is 17.2. The first-order valence-electron chi connectivity index (χ1n) is 7.89. The first kappa shape index (κ1) is 15.5. The molecule has 2 aromatic carbocycles. The van der Waals surface area contributed by atoms with Gasteiger partial charge in [-0.2, -0.15) is 0 Å². The molecule has 5 heteroatoms. The maximum absolute atomic E-state index is 12.3. The second-order valence-corrected chi connectivity index (χ2v) is 6.74. The number of rotatable bonds is 3. The second-order valence-electron chi connectivity index (χ2n) is 5.71. The Balaban J connectivity index is 1.60. The van der Waals surface area contributed by atoms with Crippen molar-refractivity contribution in [2.45, 2.75) is 6.92 Å². The number of pyridine rings is 1. The number of nitrogens with zero attached hydrogens (tertiary/aromatic N) is 2. The van der Waals surface area contributed by atoms with Crippen molar-refractivity contribution in [1.82, 2.24) is 9.97 Å². The summed E-state index contributed by atoms with van der Waals surface area (Å²) in [5.41, 5.74) is 4.14. The van der Waals surface area contributed by atoms with Gasteiger partial charge in [-0.1, -0.05) is 24.3 Å². The minimum absolute atomic E-state index is 0.172. The van der Waals surface area contributed by atoms with Crippen molar-refractivity contribution < 1.29 is 4.79 Å². The molecule has 1 N–H and O–H groups in total. The largest absolute Gasteiger partial charge is 0.322 e. The van der Waals surface area contributed by atoms with Crippen molar-refractivity contribution in [3.63, 3.8) is 0 Å². The molecule has 25 heavy (non-hydrogen) atoms. The van der Waals surface area contributed by atoms with Crippen LogP contribution in [0.1, 0.15) is 16.1 Å². The van der Waals surface area contributed by atoms with Gasteiger partial charge in [-0.3, -0.25) is 9.78 Å². The topological polar surface area (TPSA) is 54.9 Å². The number of benzene rings is 2. The van der Waals surface area contributed by atoms with E-state index >= 15 is 0 Å². The predicted octanol–water partition coefficient (Wildman–Crippen LogP) is 4.92. The number of carbonyl (C=O) groups is 1. The third-order valence-electron chi connectivity index (χ3n) is 3.83. The minimum atomic E-state index is -0.172. The summed E-state index contributed by atoms with van der Waals surface area (Å²) in [6.07, 6.45) is 1.59. The Morgan fingerprint density at radius 3 is 2.72 bits per heavy atom. The molecule has 0 aliphatic heterocycles. The maximum atomic E-state index is 12.3. The molecule has 122 valence electrons. The highest BCUT2D eigenvalue weighted by Gasteiger charge is 2.09. The third kappa shape index (κ3) is 3.27. The molecule has 0 unspecified atom stereocenters. The fraction of sp³-hybridized carbons (Fsp3) is 0.0500. The second kappa shape index (κ2) is 6.45. The lowest BCUT2D eigenvalue weighted by Crippen LogP contribution is -2.12. The highest BCUT2D eigenvalue weighted by Crippen LogP contribution is 2.31. The van der Waals surface area contributed by atoms with E-state index in [0.29, 0.717) is 5.56 Å². The smallest absolute Gasteiger partial charge is 0.257 e. The molecule has 0 spiro atoms. The molecular formula is C20H15N3OS. The number of hydrogen-bond donors (Lipinski definition) is 1. The van der Waals surface area contributed by atoms with Crippen LogP contribution in [-0.4, -0.2) is 15.9 Å². The molecule has 0 radical (unpaired) electrons. The number of hydrogen-bond acceptors (Lipinski definition) is 4. The molecule has 0 bridgehead atoms. The summed E-state index contributed by atoms with van der Waals surface area (Å²) in [6.45, 7) is 1.89. The number of carbonyl (C=O) groups excluding carboxylic acids is 1. The first-order valence-corrected chi connectivity index (χ1v) is 8.71. The van der Waals surface area contributed by atoms with Gasteiger partial charge in [-0.15, -0.1) is 11.3 Å². The van der Waals surface area contributed by atoms with Crippen LogP contribution in [0.15, 0.2) is 66.9 Å². The minimum Gasteiger partial charge on any atom is -0.322 e. The number of thiazole rings is 1. The number of aromatic nitrogens is 2. The number of anilines is 1. The van der Waals surface area contributed by atoms with E-state index in [4.69, 9.17) is 0 Å². The summed E-state index contributed by atoms with van der Waals surface area (Å²) in [5.74, 6) is -0.172. The molecular weight excluding hydrogens is 330 g/mol. The van der Waals surface area contributed by atoms with Crippen molar-refractivity contribution in [2.75, 3.05) is 5.32 Å². The Labute approximate surface area is 149 Å². The average molecular weight is 345 g/mol. The van der Waals surface area contributed by atoms with Crippen LogP contribution in [0.2, 0.25) is 0 Å².